The van der Waals surface area contributed by atoms with Gasteiger partial charge in [0.25, 0.3) is 0 Å². The van der Waals surface area contributed by atoms with Gasteiger partial charge in [0.05, 0.1) is 26.8 Å². The standard InChI is InChI=1S/C18H25N5O5/c1-26-12-4-2-11(3-5-12)9-23-16-15(21-22-23)13(6-7-18(16)10-27-18)28-17(25)20-8-14(19)24/h2-5,13-16,24H,6-10,19H2,1H3,(H,20,25). The van der Waals surface area contributed by atoms with E-state index in [-0.39, 0.29) is 24.2 Å². The van der Waals surface area contributed by atoms with Crippen molar-refractivity contribution in [1.82, 2.24) is 10.3 Å². The number of nitrogens with one attached hydrogen (secondary N) is 1. The first-order valence-corrected chi connectivity index (χ1v) is 9.33. The summed E-state index contributed by atoms with van der Waals surface area (Å²) in [6, 6.07) is 7.43. The highest BCUT2D eigenvalue weighted by molar-refractivity contribution is 5.67. The SMILES string of the molecule is COc1ccc(CN2N=NC3C(OC(=O)NCC(N)O)CCC4(CO4)C32)cc1. The predicted octanol–water partition coefficient (Wildman–Crippen LogP) is 0.550. The molecule has 1 amide bonds. The number of hydrogen-bond donors (Lipinski definition) is 3. The molecule has 0 radical (unpaired) electrons. The number of hydrogen-bond acceptors (Lipinski definition) is 9. The topological polar surface area (TPSA) is 134 Å². The number of carbonyl (C=O) groups is 1. The Labute approximate surface area is 162 Å². The lowest BCUT2D eigenvalue weighted by molar-refractivity contribution is 0.00127. The third-order valence-corrected chi connectivity index (χ3v) is 5.45. The van der Waals surface area contributed by atoms with E-state index in [1.54, 1.807) is 7.11 Å². The number of benzene rings is 1. The van der Waals surface area contributed by atoms with E-state index >= 15 is 0 Å². The molecule has 0 aromatic heterocycles. The maximum atomic E-state index is 12.0. The average molecular weight is 391 g/mol. The number of methoxy groups -OCH3 is 1. The summed E-state index contributed by atoms with van der Waals surface area (Å²) in [4.78, 5) is 12.0. The minimum atomic E-state index is -1.12. The molecule has 2 fully saturated rings. The maximum Gasteiger partial charge on any atom is 0.407 e. The summed E-state index contributed by atoms with van der Waals surface area (Å²) in [5, 5.41) is 22.2. The lowest BCUT2D eigenvalue weighted by atomic mass is 9.79. The number of aliphatic hydroxyl groups excluding tert-OH is 1. The molecule has 5 atom stereocenters. The van der Waals surface area contributed by atoms with Gasteiger partial charge in [-0.3, -0.25) is 5.01 Å². The van der Waals surface area contributed by atoms with Crippen LogP contribution >= 0.6 is 0 Å². The summed E-state index contributed by atoms with van der Waals surface area (Å²) in [6.07, 6.45) is -0.727. The molecule has 1 saturated heterocycles. The number of fused-ring (bicyclic) bond motifs is 2. The van der Waals surface area contributed by atoms with Crippen molar-refractivity contribution in [3.05, 3.63) is 29.8 Å². The molecule has 2 heterocycles. The summed E-state index contributed by atoms with van der Waals surface area (Å²) in [5.41, 5.74) is 6.04. The number of carbonyl (C=O) groups excluding carboxylic acids is 1. The van der Waals surface area contributed by atoms with Crippen LogP contribution in [0.4, 0.5) is 4.79 Å². The van der Waals surface area contributed by atoms with E-state index in [0.29, 0.717) is 19.6 Å². The van der Waals surface area contributed by atoms with Crippen LogP contribution in [0.2, 0.25) is 0 Å². The van der Waals surface area contributed by atoms with Crippen molar-refractivity contribution in [2.75, 3.05) is 20.3 Å². The zero-order chi connectivity index (χ0) is 19.7. The summed E-state index contributed by atoms with van der Waals surface area (Å²) >= 11 is 0. The van der Waals surface area contributed by atoms with Gasteiger partial charge in [0.2, 0.25) is 0 Å². The van der Waals surface area contributed by atoms with Crippen molar-refractivity contribution in [1.29, 1.82) is 0 Å². The molecule has 5 unspecified atom stereocenters. The third kappa shape index (κ3) is 3.75. The molecule has 28 heavy (non-hydrogen) atoms. The van der Waals surface area contributed by atoms with E-state index in [1.165, 1.54) is 0 Å². The molecule has 10 nitrogen and oxygen atoms in total. The molecule has 152 valence electrons. The number of aliphatic hydroxyl groups is 1. The highest BCUT2D eigenvalue weighted by Gasteiger charge is 2.63. The highest BCUT2D eigenvalue weighted by Crippen LogP contribution is 2.48. The molecular formula is C18H25N5O5. The van der Waals surface area contributed by atoms with Gasteiger partial charge < -0.3 is 30.4 Å². The van der Waals surface area contributed by atoms with Gasteiger partial charge in [-0.2, -0.15) is 5.11 Å². The molecule has 2 aliphatic heterocycles. The Bertz CT molecular complexity index is 736. The molecule has 4 N–H and O–H groups in total. The molecular weight excluding hydrogens is 366 g/mol. The predicted molar refractivity (Wildman–Crippen MR) is 97.4 cm³/mol. The zero-order valence-electron chi connectivity index (χ0n) is 15.7. The Morgan fingerprint density at radius 3 is 2.89 bits per heavy atom. The van der Waals surface area contributed by atoms with Crippen LogP contribution in [0.5, 0.6) is 5.75 Å². The van der Waals surface area contributed by atoms with Gasteiger partial charge in [0.1, 0.15) is 35.8 Å². The van der Waals surface area contributed by atoms with E-state index in [0.717, 1.165) is 17.7 Å². The molecule has 1 aromatic carbocycles. The van der Waals surface area contributed by atoms with Gasteiger partial charge in [-0.05, 0) is 30.5 Å². The fourth-order valence-electron chi connectivity index (χ4n) is 3.94. The van der Waals surface area contributed by atoms with E-state index in [9.17, 15) is 4.79 Å². The Hall–Kier alpha value is -2.43. The Morgan fingerprint density at radius 2 is 2.25 bits per heavy atom. The first kappa shape index (κ1) is 18.9. The summed E-state index contributed by atoms with van der Waals surface area (Å²) in [6.45, 7) is 1.17. The minimum Gasteiger partial charge on any atom is -0.497 e. The fraction of sp³-hybridized carbons (Fsp3) is 0.611. The molecule has 3 aliphatic rings. The molecule has 1 spiro atoms. The fourth-order valence-corrected chi connectivity index (χ4v) is 3.94. The average Bonchev–Trinajstić information content (AvgIpc) is 3.33. The van der Waals surface area contributed by atoms with Crippen LogP contribution in [-0.4, -0.2) is 66.5 Å². The van der Waals surface area contributed by atoms with Crippen LogP contribution in [0, 0.1) is 0 Å². The Kier molecular flexibility index (Phi) is 5.09. The largest absolute Gasteiger partial charge is 0.497 e. The van der Waals surface area contributed by atoms with Crippen molar-refractivity contribution in [2.45, 2.75) is 49.4 Å². The molecule has 10 heteroatoms. The number of alkyl carbamates (subject to hydrolysis) is 1. The zero-order valence-corrected chi connectivity index (χ0v) is 15.7. The van der Waals surface area contributed by atoms with Crippen molar-refractivity contribution in [2.24, 2.45) is 16.1 Å². The second-order valence-electron chi connectivity index (χ2n) is 7.37. The third-order valence-electron chi connectivity index (χ3n) is 5.45. The number of nitrogens with zero attached hydrogens (tertiary/aromatic N) is 3. The van der Waals surface area contributed by atoms with Gasteiger partial charge in [-0.15, -0.1) is 0 Å². The summed E-state index contributed by atoms with van der Waals surface area (Å²) in [7, 11) is 1.63. The molecule has 1 aromatic rings. The highest BCUT2D eigenvalue weighted by atomic mass is 16.6. The number of ether oxygens (including phenoxy) is 3. The van der Waals surface area contributed by atoms with Gasteiger partial charge in [-0.25, -0.2) is 4.79 Å². The van der Waals surface area contributed by atoms with Crippen molar-refractivity contribution in [3.8, 4) is 5.75 Å². The Morgan fingerprint density at radius 1 is 1.50 bits per heavy atom. The quantitative estimate of drug-likeness (QED) is 0.476. The van der Waals surface area contributed by atoms with Crippen LogP contribution < -0.4 is 15.8 Å². The summed E-state index contributed by atoms with van der Waals surface area (Å²) < 4.78 is 16.5. The smallest absolute Gasteiger partial charge is 0.407 e. The number of rotatable bonds is 6. The van der Waals surface area contributed by atoms with E-state index < -0.39 is 18.4 Å². The second kappa shape index (κ2) is 7.53. The van der Waals surface area contributed by atoms with E-state index in [1.807, 2.05) is 29.3 Å². The van der Waals surface area contributed by atoms with E-state index in [2.05, 4.69) is 15.7 Å². The number of nitrogens with two attached hydrogens (primary N) is 1. The lowest BCUT2D eigenvalue weighted by Crippen LogP contribution is -2.56. The van der Waals surface area contributed by atoms with Crippen LogP contribution in [0.25, 0.3) is 0 Å². The normalized spacial score (nSPS) is 31.4. The number of amides is 1. The molecule has 0 bridgehead atoms. The second-order valence-corrected chi connectivity index (χ2v) is 7.37. The molecule has 1 aliphatic carbocycles. The van der Waals surface area contributed by atoms with Crippen LogP contribution in [-0.2, 0) is 16.0 Å². The van der Waals surface area contributed by atoms with Gasteiger partial charge in [0, 0.05) is 0 Å². The van der Waals surface area contributed by atoms with Crippen LogP contribution in [0.3, 0.4) is 0 Å². The number of epoxide rings is 1. The van der Waals surface area contributed by atoms with Gasteiger partial charge >= 0.3 is 6.09 Å². The molecule has 1 saturated carbocycles. The van der Waals surface area contributed by atoms with Crippen molar-refractivity contribution in [3.63, 3.8) is 0 Å². The molecule has 4 rings (SSSR count). The summed E-state index contributed by atoms with van der Waals surface area (Å²) in [5.74, 6) is 0.798. The van der Waals surface area contributed by atoms with Gasteiger partial charge in [-0.1, -0.05) is 17.4 Å². The Balaban J connectivity index is 1.43. The monoisotopic (exact) mass is 391 g/mol. The lowest BCUT2D eigenvalue weighted by Gasteiger charge is -2.38. The first-order chi connectivity index (χ1) is 13.5. The van der Waals surface area contributed by atoms with Gasteiger partial charge in [0.15, 0.2) is 0 Å². The van der Waals surface area contributed by atoms with Crippen LogP contribution in [0.15, 0.2) is 34.6 Å². The van der Waals surface area contributed by atoms with E-state index in [4.69, 9.17) is 25.1 Å². The van der Waals surface area contributed by atoms with Crippen LogP contribution in [0.1, 0.15) is 18.4 Å². The first-order valence-electron chi connectivity index (χ1n) is 9.33. The van der Waals surface area contributed by atoms with Crippen molar-refractivity contribution < 1.29 is 24.1 Å². The maximum absolute atomic E-state index is 12.0. The van der Waals surface area contributed by atoms with Crippen molar-refractivity contribution >= 4 is 6.09 Å². The minimum absolute atomic E-state index is 0.0716.